The van der Waals surface area contributed by atoms with Crippen LogP contribution in [-0.4, -0.2) is 6.04 Å². The maximum Gasteiger partial charge on any atom is 0.137 e. The molecule has 2 aromatic rings. The van der Waals surface area contributed by atoms with Gasteiger partial charge in [-0.2, -0.15) is 0 Å². The summed E-state index contributed by atoms with van der Waals surface area (Å²) in [5.41, 5.74) is 9.60. The van der Waals surface area contributed by atoms with Gasteiger partial charge in [-0.25, -0.2) is 4.39 Å². The zero-order chi connectivity index (χ0) is 13.8. The van der Waals surface area contributed by atoms with Crippen molar-refractivity contribution in [1.29, 1.82) is 0 Å². The summed E-state index contributed by atoms with van der Waals surface area (Å²) < 4.78 is 14.0. The van der Waals surface area contributed by atoms with E-state index < -0.39 is 0 Å². The maximum atomic E-state index is 13.4. The van der Waals surface area contributed by atoms with Gasteiger partial charge >= 0.3 is 0 Å². The topological polar surface area (TPSA) is 26.0 Å². The second-order valence-electron chi connectivity index (χ2n) is 4.81. The molecule has 1 atom stereocenters. The van der Waals surface area contributed by atoms with Gasteiger partial charge < -0.3 is 5.73 Å². The molecule has 0 aliphatic carbocycles. The van der Waals surface area contributed by atoms with E-state index in [-0.39, 0.29) is 11.9 Å². The summed E-state index contributed by atoms with van der Waals surface area (Å²) in [6.07, 6.45) is 1.46. The minimum absolute atomic E-state index is 0.0146. The molecule has 3 heteroatoms. The molecule has 0 aliphatic heterocycles. The lowest BCUT2D eigenvalue weighted by atomic mass is 9.97. The fraction of sp³-hybridized carbons (Fsp3) is 0.250. The van der Waals surface area contributed by atoms with E-state index in [1.54, 1.807) is 6.07 Å². The van der Waals surface area contributed by atoms with E-state index in [0.717, 1.165) is 12.0 Å². The fourth-order valence-electron chi connectivity index (χ4n) is 2.18. The Balaban J connectivity index is 2.08. The van der Waals surface area contributed by atoms with Crippen molar-refractivity contribution >= 4 is 15.9 Å². The Morgan fingerprint density at radius 3 is 2.42 bits per heavy atom. The fourth-order valence-corrected chi connectivity index (χ4v) is 2.61. The Labute approximate surface area is 121 Å². The van der Waals surface area contributed by atoms with E-state index in [1.165, 1.54) is 17.2 Å². The van der Waals surface area contributed by atoms with Gasteiger partial charge in [0.1, 0.15) is 5.82 Å². The number of benzene rings is 2. The summed E-state index contributed by atoms with van der Waals surface area (Å²) in [4.78, 5) is 0. The molecule has 0 spiro atoms. The van der Waals surface area contributed by atoms with Crippen molar-refractivity contribution in [3.05, 3.63) is 69.4 Å². The van der Waals surface area contributed by atoms with Crippen LogP contribution in [0.4, 0.5) is 4.39 Å². The van der Waals surface area contributed by atoms with E-state index >= 15 is 0 Å². The third-order valence-electron chi connectivity index (χ3n) is 3.26. The average Bonchev–Trinajstić information content (AvgIpc) is 2.38. The second kappa shape index (κ2) is 6.31. The Morgan fingerprint density at radius 2 is 1.68 bits per heavy atom. The van der Waals surface area contributed by atoms with Crippen molar-refractivity contribution < 1.29 is 4.39 Å². The molecule has 0 saturated carbocycles. The molecule has 0 heterocycles. The molecule has 0 bridgehead atoms. The number of aryl methyl sites for hydroxylation is 1. The molecule has 0 saturated heterocycles. The molecule has 0 radical (unpaired) electrons. The molecule has 1 unspecified atom stereocenters. The van der Waals surface area contributed by atoms with Crippen LogP contribution in [0.3, 0.4) is 0 Å². The zero-order valence-electron chi connectivity index (χ0n) is 10.9. The van der Waals surface area contributed by atoms with Gasteiger partial charge in [0.05, 0.1) is 4.47 Å². The van der Waals surface area contributed by atoms with Crippen LogP contribution in [0.1, 0.15) is 16.7 Å². The first kappa shape index (κ1) is 14.2. The molecule has 2 rings (SSSR count). The van der Waals surface area contributed by atoms with Crippen LogP contribution in [0.25, 0.3) is 0 Å². The highest BCUT2D eigenvalue weighted by molar-refractivity contribution is 9.10. The molecule has 2 N–H and O–H groups in total. The number of rotatable bonds is 4. The molecule has 0 amide bonds. The second-order valence-corrected chi connectivity index (χ2v) is 5.60. The third-order valence-corrected chi connectivity index (χ3v) is 4.15. The molecular formula is C16H17BrFN. The minimum Gasteiger partial charge on any atom is -0.327 e. The SMILES string of the molecule is Cc1ccccc1CC(N)Cc1cccc(F)c1Br. The molecule has 1 nitrogen and oxygen atoms in total. The number of nitrogens with two attached hydrogens (primary N) is 1. The van der Waals surface area contributed by atoms with E-state index in [4.69, 9.17) is 5.73 Å². The van der Waals surface area contributed by atoms with Crippen LogP contribution in [0.15, 0.2) is 46.9 Å². The van der Waals surface area contributed by atoms with E-state index in [1.807, 2.05) is 18.2 Å². The molecule has 0 fully saturated rings. The Bertz CT molecular complexity index is 568. The van der Waals surface area contributed by atoms with E-state index in [0.29, 0.717) is 10.9 Å². The highest BCUT2D eigenvalue weighted by atomic mass is 79.9. The van der Waals surface area contributed by atoms with Gasteiger partial charge in [-0.1, -0.05) is 36.4 Å². The Hall–Kier alpha value is -1.19. The lowest BCUT2D eigenvalue weighted by Gasteiger charge is -2.14. The maximum absolute atomic E-state index is 13.4. The summed E-state index contributed by atoms with van der Waals surface area (Å²) in [5.74, 6) is -0.236. The van der Waals surface area contributed by atoms with Crippen LogP contribution < -0.4 is 5.73 Å². The first-order valence-electron chi connectivity index (χ1n) is 6.31. The van der Waals surface area contributed by atoms with Gasteiger partial charge in [-0.3, -0.25) is 0 Å². The standard InChI is InChI=1S/C16H17BrFN/c1-11-5-2-3-6-12(11)9-14(19)10-13-7-4-8-15(18)16(13)17/h2-8,14H,9-10,19H2,1H3. The number of hydrogen-bond donors (Lipinski definition) is 1. The van der Waals surface area contributed by atoms with Crippen molar-refractivity contribution in [2.24, 2.45) is 5.73 Å². The van der Waals surface area contributed by atoms with Crippen molar-refractivity contribution in [1.82, 2.24) is 0 Å². The monoisotopic (exact) mass is 321 g/mol. The van der Waals surface area contributed by atoms with Crippen LogP contribution in [0.2, 0.25) is 0 Å². The van der Waals surface area contributed by atoms with Crippen molar-refractivity contribution in [3.63, 3.8) is 0 Å². The average molecular weight is 322 g/mol. The van der Waals surface area contributed by atoms with Crippen molar-refractivity contribution in [3.8, 4) is 0 Å². The van der Waals surface area contributed by atoms with Crippen LogP contribution >= 0.6 is 15.9 Å². The van der Waals surface area contributed by atoms with Crippen LogP contribution in [0, 0.1) is 12.7 Å². The first-order valence-corrected chi connectivity index (χ1v) is 7.10. The lowest BCUT2D eigenvalue weighted by molar-refractivity contribution is 0.610. The van der Waals surface area contributed by atoms with E-state index in [2.05, 4.69) is 35.0 Å². The van der Waals surface area contributed by atoms with Gasteiger partial charge in [0.25, 0.3) is 0 Å². The molecule has 0 aromatic heterocycles. The van der Waals surface area contributed by atoms with Gasteiger partial charge in [-0.15, -0.1) is 0 Å². The lowest BCUT2D eigenvalue weighted by Crippen LogP contribution is -2.26. The molecule has 2 aromatic carbocycles. The first-order chi connectivity index (χ1) is 9.08. The molecule has 19 heavy (non-hydrogen) atoms. The molecule has 100 valence electrons. The van der Waals surface area contributed by atoms with Gasteiger partial charge in [0.2, 0.25) is 0 Å². The van der Waals surface area contributed by atoms with Crippen molar-refractivity contribution in [2.45, 2.75) is 25.8 Å². The zero-order valence-corrected chi connectivity index (χ0v) is 12.5. The van der Waals surface area contributed by atoms with Gasteiger partial charge in [0, 0.05) is 6.04 Å². The summed E-state index contributed by atoms with van der Waals surface area (Å²) in [6.45, 7) is 2.08. The minimum atomic E-state index is -0.236. The highest BCUT2D eigenvalue weighted by Crippen LogP contribution is 2.22. The van der Waals surface area contributed by atoms with Gasteiger partial charge in [0.15, 0.2) is 0 Å². The predicted molar refractivity (Wildman–Crippen MR) is 80.7 cm³/mol. The van der Waals surface area contributed by atoms with E-state index in [9.17, 15) is 4.39 Å². The normalized spacial score (nSPS) is 12.4. The summed E-state index contributed by atoms with van der Waals surface area (Å²) in [6, 6.07) is 13.3. The van der Waals surface area contributed by atoms with Crippen molar-refractivity contribution in [2.75, 3.05) is 0 Å². The van der Waals surface area contributed by atoms with Crippen LogP contribution in [0.5, 0.6) is 0 Å². The molecule has 0 aliphatic rings. The summed E-state index contributed by atoms with van der Waals surface area (Å²) in [5, 5.41) is 0. The largest absolute Gasteiger partial charge is 0.327 e. The highest BCUT2D eigenvalue weighted by Gasteiger charge is 2.11. The molecular weight excluding hydrogens is 305 g/mol. The third kappa shape index (κ3) is 3.64. The Kier molecular flexibility index (Phi) is 4.72. The Morgan fingerprint density at radius 1 is 1.05 bits per heavy atom. The summed E-state index contributed by atoms with van der Waals surface area (Å²) in [7, 11) is 0. The quantitative estimate of drug-likeness (QED) is 0.904. The number of halogens is 2. The summed E-state index contributed by atoms with van der Waals surface area (Å²) >= 11 is 3.28. The van der Waals surface area contributed by atoms with Crippen LogP contribution in [-0.2, 0) is 12.8 Å². The smallest absolute Gasteiger partial charge is 0.137 e. The number of hydrogen-bond acceptors (Lipinski definition) is 1. The van der Waals surface area contributed by atoms with Gasteiger partial charge in [-0.05, 0) is 58.5 Å². The predicted octanol–water partition coefficient (Wildman–Crippen LogP) is 4.01.